The summed E-state index contributed by atoms with van der Waals surface area (Å²) in [6.45, 7) is 1.82. The minimum atomic E-state index is -1.03. The highest BCUT2D eigenvalue weighted by Crippen LogP contribution is 2.30. The Balaban J connectivity index is 2.79. The Morgan fingerprint density at radius 1 is 1.00 bits per heavy atom. The summed E-state index contributed by atoms with van der Waals surface area (Å²) in [4.78, 5) is 22.8. The first-order chi connectivity index (χ1) is 9.02. The fourth-order valence-electron chi connectivity index (χ4n) is 2.12. The molecule has 4 nitrogen and oxygen atoms in total. The minimum absolute atomic E-state index is 0.152. The molecule has 0 fully saturated rings. The second-order valence-electron chi connectivity index (χ2n) is 4.21. The zero-order chi connectivity index (χ0) is 14.0. The second kappa shape index (κ2) is 4.94. The fourth-order valence-corrected chi connectivity index (χ4v) is 2.12. The number of carbonyl (C=O) groups excluding carboxylic acids is 1. The van der Waals surface area contributed by atoms with Crippen LogP contribution in [0.3, 0.4) is 0 Å². The number of amides is 1. The van der Waals surface area contributed by atoms with Crippen LogP contribution in [0.1, 0.15) is 26.3 Å². The molecule has 2 aromatic rings. The van der Waals surface area contributed by atoms with Crippen molar-refractivity contribution in [3.8, 4) is 11.1 Å². The number of rotatable bonds is 3. The van der Waals surface area contributed by atoms with E-state index >= 15 is 0 Å². The molecule has 1 amide bonds. The predicted octanol–water partition coefficient (Wildman–Crippen LogP) is 2.46. The molecule has 0 saturated carbocycles. The largest absolute Gasteiger partial charge is 0.478 e. The maximum absolute atomic E-state index is 11.5. The van der Waals surface area contributed by atoms with Gasteiger partial charge in [0.15, 0.2) is 0 Å². The van der Waals surface area contributed by atoms with Gasteiger partial charge in [-0.1, -0.05) is 30.3 Å². The first-order valence-electron chi connectivity index (χ1n) is 5.74. The van der Waals surface area contributed by atoms with Crippen LogP contribution in [0.2, 0.25) is 0 Å². The van der Waals surface area contributed by atoms with E-state index in [9.17, 15) is 14.7 Å². The molecule has 0 spiro atoms. The Morgan fingerprint density at radius 2 is 1.63 bits per heavy atom. The van der Waals surface area contributed by atoms with Gasteiger partial charge in [0.05, 0.1) is 5.56 Å². The molecule has 19 heavy (non-hydrogen) atoms. The highest BCUT2D eigenvalue weighted by atomic mass is 16.4. The van der Waals surface area contributed by atoms with E-state index in [1.807, 2.05) is 13.0 Å². The summed E-state index contributed by atoms with van der Waals surface area (Å²) in [5.74, 6) is -1.60. The molecule has 2 aromatic carbocycles. The van der Waals surface area contributed by atoms with Crippen LogP contribution in [0.25, 0.3) is 11.1 Å². The van der Waals surface area contributed by atoms with Crippen LogP contribution >= 0.6 is 0 Å². The van der Waals surface area contributed by atoms with Crippen LogP contribution in [-0.4, -0.2) is 17.0 Å². The van der Waals surface area contributed by atoms with Crippen molar-refractivity contribution in [2.75, 3.05) is 0 Å². The Hall–Kier alpha value is -2.62. The van der Waals surface area contributed by atoms with Crippen molar-refractivity contribution in [1.29, 1.82) is 0 Å². The molecular weight excluding hydrogens is 242 g/mol. The van der Waals surface area contributed by atoms with Gasteiger partial charge in [0, 0.05) is 5.56 Å². The third kappa shape index (κ3) is 2.33. The molecule has 0 aliphatic heterocycles. The molecule has 0 atom stereocenters. The molecule has 96 valence electrons. The summed E-state index contributed by atoms with van der Waals surface area (Å²) in [6, 6.07) is 11.7. The average molecular weight is 255 g/mol. The van der Waals surface area contributed by atoms with Crippen molar-refractivity contribution < 1.29 is 14.7 Å². The smallest absolute Gasteiger partial charge is 0.336 e. The zero-order valence-electron chi connectivity index (χ0n) is 10.4. The summed E-state index contributed by atoms with van der Waals surface area (Å²) in [6.07, 6.45) is 0. The van der Waals surface area contributed by atoms with Gasteiger partial charge in [0.25, 0.3) is 0 Å². The van der Waals surface area contributed by atoms with Gasteiger partial charge >= 0.3 is 5.97 Å². The van der Waals surface area contributed by atoms with Crippen LogP contribution in [0.4, 0.5) is 0 Å². The van der Waals surface area contributed by atoms with Gasteiger partial charge in [0.1, 0.15) is 0 Å². The number of primary amides is 1. The molecule has 0 aromatic heterocycles. The monoisotopic (exact) mass is 255 g/mol. The number of aryl methyl sites for hydroxylation is 1. The fraction of sp³-hybridized carbons (Fsp3) is 0.0667. The summed E-state index contributed by atoms with van der Waals surface area (Å²) < 4.78 is 0. The minimum Gasteiger partial charge on any atom is -0.478 e. The lowest BCUT2D eigenvalue weighted by Gasteiger charge is -2.12. The van der Waals surface area contributed by atoms with E-state index in [-0.39, 0.29) is 5.56 Å². The van der Waals surface area contributed by atoms with Crippen LogP contribution in [0, 0.1) is 6.92 Å². The van der Waals surface area contributed by atoms with Gasteiger partial charge in [0.2, 0.25) is 5.91 Å². The molecule has 4 heteroatoms. The van der Waals surface area contributed by atoms with Crippen molar-refractivity contribution >= 4 is 11.9 Å². The average Bonchev–Trinajstić information content (AvgIpc) is 2.38. The number of nitrogens with two attached hydrogens (primary N) is 1. The highest BCUT2D eigenvalue weighted by Gasteiger charge is 2.17. The van der Waals surface area contributed by atoms with Crippen molar-refractivity contribution in [2.45, 2.75) is 6.92 Å². The summed E-state index contributed by atoms with van der Waals surface area (Å²) in [5.41, 5.74) is 7.73. The third-order valence-corrected chi connectivity index (χ3v) is 2.97. The van der Waals surface area contributed by atoms with E-state index in [2.05, 4.69) is 0 Å². The predicted molar refractivity (Wildman–Crippen MR) is 72.1 cm³/mol. The highest BCUT2D eigenvalue weighted by molar-refractivity contribution is 6.04. The van der Waals surface area contributed by atoms with Gasteiger partial charge in [-0.25, -0.2) is 4.79 Å². The Morgan fingerprint density at radius 3 is 2.26 bits per heavy atom. The molecular formula is C15H13NO3. The SMILES string of the molecule is Cc1cccc(C(N)=O)c1-c1ccccc1C(=O)O. The van der Waals surface area contributed by atoms with Crippen LogP contribution in [0.5, 0.6) is 0 Å². The Labute approximate surface area is 110 Å². The number of hydrogen-bond donors (Lipinski definition) is 2. The van der Waals surface area contributed by atoms with Crippen LogP contribution in [-0.2, 0) is 0 Å². The number of benzene rings is 2. The Bertz CT molecular complexity index is 662. The van der Waals surface area contributed by atoms with Crippen LogP contribution in [0.15, 0.2) is 42.5 Å². The maximum Gasteiger partial charge on any atom is 0.336 e. The number of carbonyl (C=O) groups is 2. The van der Waals surface area contributed by atoms with E-state index in [0.29, 0.717) is 16.7 Å². The standard InChI is InChI=1S/C15H13NO3/c1-9-5-4-8-12(14(16)17)13(9)10-6-2-3-7-11(10)15(18)19/h2-8H,1H3,(H2,16,17)(H,18,19). The lowest BCUT2D eigenvalue weighted by molar-refractivity contribution is 0.0697. The van der Waals surface area contributed by atoms with Gasteiger partial charge < -0.3 is 10.8 Å². The first kappa shape index (κ1) is 12.8. The van der Waals surface area contributed by atoms with Gasteiger partial charge in [-0.2, -0.15) is 0 Å². The van der Waals surface area contributed by atoms with E-state index in [1.54, 1.807) is 30.3 Å². The molecule has 0 radical (unpaired) electrons. The number of aromatic carboxylic acids is 1. The molecule has 0 saturated heterocycles. The van der Waals surface area contributed by atoms with Crippen molar-refractivity contribution in [2.24, 2.45) is 5.73 Å². The van der Waals surface area contributed by atoms with Gasteiger partial charge in [-0.15, -0.1) is 0 Å². The third-order valence-electron chi connectivity index (χ3n) is 2.97. The number of carboxylic acids is 1. The van der Waals surface area contributed by atoms with E-state index in [4.69, 9.17) is 5.73 Å². The summed E-state index contributed by atoms with van der Waals surface area (Å²) in [7, 11) is 0. The maximum atomic E-state index is 11.5. The normalized spacial score (nSPS) is 10.2. The molecule has 0 bridgehead atoms. The number of hydrogen-bond acceptors (Lipinski definition) is 2. The van der Waals surface area contributed by atoms with Gasteiger partial charge in [-0.05, 0) is 35.7 Å². The van der Waals surface area contributed by atoms with E-state index in [1.165, 1.54) is 6.07 Å². The quantitative estimate of drug-likeness (QED) is 0.884. The molecule has 0 aliphatic rings. The second-order valence-corrected chi connectivity index (χ2v) is 4.21. The lowest BCUT2D eigenvalue weighted by atomic mass is 9.91. The van der Waals surface area contributed by atoms with Crippen LogP contribution < -0.4 is 5.73 Å². The zero-order valence-corrected chi connectivity index (χ0v) is 10.4. The molecule has 0 unspecified atom stereocenters. The summed E-state index contributed by atoms with van der Waals surface area (Å²) >= 11 is 0. The molecule has 0 heterocycles. The molecule has 3 N–H and O–H groups in total. The first-order valence-corrected chi connectivity index (χ1v) is 5.74. The van der Waals surface area contributed by atoms with Crippen molar-refractivity contribution in [3.63, 3.8) is 0 Å². The summed E-state index contributed by atoms with van der Waals surface area (Å²) in [5, 5.41) is 9.23. The Kier molecular flexibility index (Phi) is 3.33. The molecule has 2 rings (SSSR count). The van der Waals surface area contributed by atoms with E-state index < -0.39 is 11.9 Å². The van der Waals surface area contributed by atoms with Crippen molar-refractivity contribution in [3.05, 3.63) is 59.2 Å². The molecule has 0 aliphatic carbocycles. The van der Waals surface area contributed by atoms with Crippen molar-refractivity contribution in [1.82, 2.24) is 0 Å². The van der Waals surface area contributed by atoms with E-state index in [0.717, 1.165) is 5.56 Å². The topological polar surface area (TPSA) is 80.4 Å². The number of carboxylic acid groups (broad SMARTS) is 1. The van der Waals surface area contributed by atoms with Gasteiger partial charge in [-0.3, -0.25) is 4.79 Å². The lowest BCUT2D eigenvalue weighted by Crippen LogP contribution is -2.13.